The molecule has 2 heterocycles. The molecule has 0 spiro atoms. The second-order valence-electron chi connectivity index (χ2n) is 6.93. The summed E-state index contributed by atoms with van der Waals surface area (Å²) in [6.45, 7) is 5.39. The highest BCUT2D eigenvalue weighted by molar-refractivity contribution is 5.96. The van der Waals surface area contributed by atoms with Crippen molar-refractivity contribution < 1.29 is 14.3 Å². The fourth-order valence-corrected chi connectivity index (χ4v) is 3.50. The minimum Gasteiger partial charge on any atom is -0.486 e. The minimum atomic E-state index is -0.0490. The van der Waals surface area contributed by atoms with E-state index >= 15 is 0 Å². The first-order valence-corrected chi connectivity index (χ1v) is 9.30. The van der Waals surface area contributed by atoms with Crippen LogP contribution >= 0.6 is 0 Å². The molecule has 144 valence electrons. The predicted octanol–water partition coefficient (Wildman–Crippen LogP) is 3.53. The number of hydrogen-bond donors (Lipinski definition) is 0. The van der Waals surface area contributed by atoms with Crippen molar-refractivity contribution >= 4 is 5.91 Å². The summed E-state index contributed by atoms with van der Waals surface area (Å²) in [5.41, 5.74) is 4.13. The van der Waals surface area contributed by atoms with Gasteiger partial charge < -0.3 is 14.4 Å². The average Bonchev–Trinajstić information content (AvgIpc) is 3.02. The Kier molecular flexibility index (Phi) is 4.77. The van der Waals surface area contributed by atoms with Crippen molar-refractivity contribution in [3.63, 3.8) is 0 Å². The lowest BCUT2D eigenvalue weighted by molar-refractivity contribution is 0.0783. The maximum absolute atomic E-state index is 13.1. The van der Waals surface area contributed by atoms with E-state index in [4.69, 9.17) is 9.47 Å². The van der Waals surface area contributed by atoms with Gasteiger partial charge in [0.25, 0.3) is 5.91 Å². The quantitative estimate of drug-likeness (QED) is 0.698. The minimum absolute atomic E-state index is 0.0490. The standard InChI is InChI=1S/C22H23N3O3/c1-15-21(16(2)25(23-15)18-7-5-4-6-8-18)22(26)24(3)14-17-9-10-19-20(13-17)28-12-11-27-19/h4-10,13H,11-12,14H2,1-3H3. The Hall–Kier alpha value is -3.28. The van der Waals surface area contributed by atoms with Crippen molar-refractivity contribution in [3.8, 4) is 17.2 Å². The molecule has 1 aliphatic heterocycles. The van der Waals surface area contributed by atoms with E-state index in [1.54, 1.807) is 11.9 Å². The maximum Gasteiger partial charge on any atom is 0.257 e. The molecule has 0 aliphatic carbocycles. The third kappa shape index (κ3) is 3.33. The van der Waals surface area contributed by atoms with Crippen LogP contribution in [0.3, 0.4) is 0 Å². The van der Waals surface area contributed by atoms with E-state index in [0.29, 0.717) is 25.3 Å². The smallest absolute Gasteiger partial charge is 0.257 e. The Morgan fingerprint density at radius 3 is 2.54 bits per heavy atom. The highest BCUT2D eigenvalue weighted by Gasteiger charge is 2.23. The fourth-order valence-electron chi connectivity index (χ4n) is 3.50. The molecular formula is C22H23N3O3. The third-order valence-corrected chi connectivity index (χ3v) is 4.88. The highest BCUT2D eigenvalue weighted by atomic mass is 16.6. The normalized spacial score (nSPS) is 12.7. The van der Waals surface area contributed by atoms with Gasteiger partial charge in [-0.05, 0) is 43.7 Å². The Morgan fingerprint density at radius 2 is 1.79 bits per heavy atom. The van der Waals surface area contributed by atoms with Crippen LogP contribution in [0.25, 0.3) is 5.69 Å². The number of benzene rings is 2. The van der Waals surface area contributed by atoms with Gasteiger partial charge in [0.1, 0.15) is 13.2 Å². The van der Waals surface area contributed by atoms with Gasteiger partial charge in [0.15, 0.2) is 11.5 Å². The Bertz CT molecular complexity index is 1010. The lowest BCUT2D eigenvalue weighted by Gasteiger charge is -2.21. The van der Waals surface area contributed by atoms with E-state index in [1.165, 1.54) is 0 Å². The Balaban J connectivity index is 1.57. The van der Waals surface area contributed by atoms with Crippen LogP contribution in [-0.4, -0.2) is 40.8 Å². The zero-order valence-corrected chi connectivity index (χ0v) is 16.3. The average molecular weight is 377 g/mol. The van der Waals surface area contributed by atoms with Crippen LogP contribution < -0.4 is 9.47 Å². The van der Waals surface area contributed by atoms with E-state index in [2.05, 4.69) is 5.10 Å². The summed E-state index contributed by atoms with van der Waals surface area (Å²) < 4.78 is 13.0. The predicted molar refractivity (Wildman–Crippen MR) is 106 cm³/mol. The van der Waals surface area contributed by atoms with Crippen molar-refractivity contribution in [1.29, 1.82) is 0 Å². The molecule has 2 aromatic carbocycles. The van der Waals surface area contributed by atoms with Gasteiger partial charge in [-0.2, -0.15) is 5.10 Å². The summed E-state index contributed by atoms with van der Waals surface area (Å²) in [6.07, 6.45) is 0. The second kappa shape index (κ2) is 7.38. The Labute approximate surface area is 164 Å². The number of fused-ring (bicyclic) bond motifs is 1. The molecule has 6 heteroatoms. The zero-order valence-electron chi connectivity index (χ0n) is 16.3. The van der Waals surface area contributed by atoms with Crippen LogP contribution in [0.4, 0.5) is 0 Å². The molecule has 1 amide bonds. The topological polar surface area (TPSA) is 56.6 Å². The molecule has 0 fully saturated rings. The highest BCUT2D eigenvalue weighted by Crippen LogP contribution is 2.31. The maximum atomic E-state index is 13.1. The molecule has 4 rings (SSSR count). The number of carbonyl (C=O) groups excluding carboxylic acids is 1. The van der Waals surface area contributed by atoms with Crippen LogP contribution in [0, 0.1) is 13.8 Å². The van der Waals surface area contributed by atoms with Crippen molar-refractivity contribution in [2.24, 2.45) is 0 Å². The number of aryl methyl sites for hydroxylation is 1. The molecule has 1 aliphatic rings. The van der Waals surface area contributed by atoms with Crippen molar-refractivity contribution in [2.45, 2.75) is 20.4 Å². The molecule has 0 bridgehead atoms. The van der Waals surface area contributed by atoms with Gasteiger partial charge >= 0.3 is 0 Å². The van der Waals surface area contributed by atoms with E-state index in [9.17, 15) is 4.79 Å². The SMILES string of the molecule is Cc1nn(-c2ccccc2)c(C)c1C(=O)N(C)Cc1ccc2c(c1)OCCO2. The monoisotopic (exact) mass is 377 g/mol. The van der Waals surface area contributed by atoms with Crippen molar-refractivity contribution in [1.82, 2.24) is 14.7 Å². The molecule has 6 nitrogen and oxygen atoms in total. The van der Waals surface area contributed by atoms with Crippen LogP contribution in [0.15, 0.2) is 48.5 Å². The number of nitrogens with zero attached hydrogens (tertiary/aromatic N) is 3. The fraction of sp³-hybridized carbons (Fsp3) is 0.273. The molecule has 0 atom stereocenters. The van der Waals surface area contributed by atoms with Gasteiger partial charge in [-0.3, -0.25) is 4.79 Å². The zero-order chi connectivity index (χ0) is 19.7. The lowest BCUT2D eigenvalue weighted by atomic mass is 10.1. The number of ether oxygens (including phenoxy) is 2. The van der Waals surface area contributed by atoms with Gasteiger partial charge in [-0.25, -0.2) is 4.68 Å². The second-order valence-corrected chi connectivity index (χ2v) is 6.93. The van der Waals surface area contributed by atoms with E-state index in [0.717, 1.165) is 34.1 Å². The van der Waals surface area contributed by atoms with E-state index < -0.39 is 0 Å². The molecule has 0 radical (unpaired) electrons. The van der Waals surface area contributed by atoms with Gasteiger partial charge in [0.05, 0.1) is 22.6 Å². The summed E-state index contributed by atoms with van der Waals surface area (Å²) in [5, 5.41) is 4.58. The van der Waals surface area contributed by atoms with Crippen LogP contribution in [0.1, 0.15) is 27.3 Å². The summed E-state index contributed by atoms with van der Waals surface area (Å²) >= 11 is 0. The van der Waals surface area contributed by atoms with Crippen LogP contribution in [0.5, 0.6) is 11.5 Å². The molecule has 0 saturated carbocycles. The van der Waals surface area contributed by atoms with Crippen LogP contribution in [-0.2, 0) is 6.54 Å². The number of aromatic nitrogens is 2. The summed E-state index contributed by atoms with van der Waals surface area (Å²) in [7, 11) is 1.80. The third-order valence-electron chi connectivity index (χ3n) is 4.88. The van der Waals surface area contributed by atoms with Crippen molar-refractivity contribution in [2.75, 3.05) is 20.3 Å². The molecule has 0 N–H and O–H groups in total. The first-order chi connectivity index (χ1) is 13.5. The first-order valence-electron chi connectivity index (χ1n) is 9.30. The molecule has 0 unspecified atom stereocenters. The van der Waals surface area contributed by atoms with E-state index in [-0.39, 0.29) is 5.91 Å². The summed E-state index contributed by atoms with van der Waals surface area (Å²) in [5.74, 6) is 1.43. The summed E-state index contributed by atoms with van der Waals surface area (Å²) in [4.78, 5) is 14.8. The van der Waals surface area contributed by atoms with Gasteiger partial charge in [-0.1, -0.05) is 24.3 Å². The van der Waals surface area contributed by atoms with E-state index in [1.807, 2.05) is 67.1 Å². The number of amides is 1. The first kappa shape index (κ1) is 18.1. The number of para-hydroxylation sites is 1. The molecule has 28 heavy (non-hydrogen) atoms. The molecule has 0 saturated heterocycles. The van der Waals surface area contributed by atoms with Crippen LogP contribution in [0.2, 0.25) is 0 Å². The number of carbonyl (C=O) groups is 1. The van der Waals surface area contributed by atoms with Gasteiger partial charge in [0.2, 0.25) is 0 Å². The van der Waals surface area contributed by atoms with Gasteiger partial charge in [0, 0.05) is 13.6 Å². The Morgan fingerprint density at radius 1 is 1.07 bits per heavy atom. The molecule has 1 aromatic heterocycles. The largest absolute Gasteiger partial charge is 0.486 e. The molecule has 3 aromatic rings. The van der Waals surface area contributed by atoms with Crippen molar-refractivity contribution in [3.05, 3.63) is 71.0 Å². The number of rotatable bonds is 4. The lowest BCUT2D eigenvalue weighted by Crippen LogP contribution is -2.27. The molecular weight excluding hydrogens is 354 g/mol. The summed E-state index contributed by atoms with van der Waals surface area (Å²) in [6, 6.07) is 15.6. The number of hydrogen-bond acceptors (Lipinski definition) is 4. The van der Waals surface area contributed by atoms with Gasteiger partial charge in [-0.15, -0.1) is 0 Å².